The Kier molecular flexibility index (Phi) is 33.7. The lowest BCUT2D eigenvalue weighted by Gasteiger charge is -2.27. The number of carbonyl (C=O) groups excluding carboxylic acids is 4. The van der Waals surface area contributed by atoms with Crippen LogP contribution in [0.1, 0.15) is 143 Å². The van der Waals surface area contributed by atoms with Crippen molar-refractivity contribution >= 4 is 29.3 Å². The van der Waals surface area contributed by atoms with E-state index in [1.54, 1.807) is 18.2 Å². The Balaban J connectivity index is 0.948. The quantitative estimate of drug-likeness (QED) is 0.0509. The first-order chi connectivity index (χ1) is 32.0. The normalized spacial score (nSPS) is 15.0. The first kappa shape index (κ1) is 56.3. The van der Waals surface area contributed by atoms with Crippen LogP contribution < -0.4 is 10.6 Å². The van der Waals surface area contributed by atoms with Crippen molar-refractivity contribution < 1.29 is 61.8 Å². The van der Waals surface area contributed by atoms with Gasteiger partial charge in [-0.1, -0.05) is 109 Å². The number of carbonyl (C=O) groups is 4. The Morgan fingerprint density at radius 3 is 1.29 bits per heavy atom. The second-order valence-corrected chi connectivity index (χ2v) is 16.4. The molecular weight excluding hydrogens is 839 g/mol. The minimum absolute atomic E-state index is 0.0684. The summed E-state index contributed by atoms with van der Waals surface area (Å²) in [5.74, 6) is -2.15. The van der Waals surface area contributed by atoms with Crippen molar-refractivity contribution in [2.75, 3.05) is 131 Å². The van der Waals surface area contributed by atoms with Crippen LogP contribution in [0.2, 0.25) is 0 Å². The largest absolute Gasteiger partial charge is 0.382 e. The third-order valence-electron chi connectivity index (χ3n) is 11.1. The Morgan fingerprint density at radius 1 is 0.492 bits per heavy atom. The zero-order valence-corrected chi connectivity index (χ0v) is 39.7. The van der Waals surface area contributed by atoms with Crippen LogP contribution in [0.5, 0.6) is 0 Å². The van der Waals surface area contributed by atoms with Crippen molar-refractivity contribution in [2.24, 2.45) is 0 Å². The van der Waals surface area contributed by atoms with Crippen LogP contribution in [0.25, 0.3) is 0 Å². The van der Waals surface area contributed by atoms with E-state index in [-0.39, 0.29) is 24.0 Å². The van der Waals surface area contributed by atoms with Crippen LogP contribution in [0.3, 0.4) is 0 Å². The molecule has 1 aromatic carbocycles. The summed E-state index contributed by atoms with van der Waals surface area (Å²) < 4.78 is 50.1. The van der Waals surface area contributed by atoms with Gasteiger partial charge >= 0.3 is 0 Å². The summed E-state index contributed by atoms with van der Waals surface area (Å²) in [6.07, 6.45) is 22.2. The smallest absolute Gasteiger partial charge is 0.264 e. The predicted octanol–water partition coefficient (Wildman–Crippen LogP) is 6.91. The number of rotatable bonds is 46. The Labute approximate surface area is 389 Å². The van der Waals surface area contributed by atoms with Gasteiger partial charge in [-0.05, 0) is 25.0 Å². The van der Waals surface area contributed by atoms with Gasteiger partial charge in [-0.25, -0.2) is 0 Å². The number of benzene rings is 1. The maximum Gasteiger partial charge on any atom is 0.264 e. The zero-order valence-electron chi connectivity index (χ0n) is 39.7. The van der Waals surface area contributed by atoms with E-state index in [0.29, 0.717) is 125 Å². The van der Waals surface area contributed by atoms with Crippen LogP contribution in [-0.2, 0) is 52.2 Å². The maximum absolute atomic E-state index is 13.2. The van der Waals surface area contributed by atoms with Crippen molar-refractivity contribution in [3.63, 3.8) is 0 Å². The molecule has 2 aliphatic heterocycles. The van der Waals surface area contributed by atoms with Gasteiger partial charge in [0, 0.05) is 25.3 Å². The number of hydrogen-bond donors (Lipinski definition) is 2. The van der Waals surface area contributed by atoms with E-state index in [1.165, 1.54) is 96.3 Å². The summed E-state index contributed by atoms with van der Waals surface area (Å²) in [5, 5.41) is 5.35. The third kappa shape index (κ3) is 26.2. The number of amides is 4. The molecule has 0 aliphatic carbocycles. The number of hydrogen-bond acceptors (Lipinski definition) is 14. The molecule has 16 heteroatoms. The third-order valence-corrected chi connectivity index (χ3v) is 11.1. The van der Waals surface area contributed by atoms with Crippen molar-refractivity contribution in [2.45, 2.75) is 129 Å². The number of fused-ring (bicyclic) bond motifs is 1. The Hall–Kier alpha value is -3.06. The maximum atomic E-state index is 13.2. The molecule has 1 unspecified atom stereocenters. The van der Waals surface area contributed by atoms with Crippen LogP contribution in [0.15, 0.2) is 18.2 Å². The molecule has 1 saturated heterocycles. The molecule has 65 heavy (non-hydrogen) atoms. The molecule has 0 saturated carbocycles. The van der Waals surface area contributed by atoms with E-state index in [9.17, 15) is 19.2 Å². The number of ether oxygens (including phenoxy) is 9. The molecular formula is C49H83N3O13. The number of nitrogens with one attached hydrogen (secondary N) is 2. The van der Waals surface area contributed by atoms with Gasteiger partial charge in [-0.2, -0.15) is 0 Å². The van der Waals surface area contributed by atoms with E-state index in [4.69, 9.17) is 42.6 Å². The number of piperidine rings is 1. The minimum atomic E-state index is -1.01. The van der Waals surface area contributed by atoms with Crippen LogP contribution >= 0.6 is 0 Å². The molecule has 3 rings (SSSR count). The Morgan fingerprint density at radius 2 is 0.877 bits per heavy atom. The van der Waals surface area contributed by atoms with Gasteiger partial charge in [0.2, 0.25) is 11.8 Å². The Bertz CT molecular complexity index is 1400. The van der Waals surface area contributed by atoms with E-state index < -0.39 is 29.7 Å². The van der Waals surface area contributed by atoms with Gasteiger partial charge in [0.1, 0.15) is 6.04 Å². The highest BCUT2D eigenvalue weighted by molar-refractivity contribution is 6.25. The number of unbranched alkanes of at least 4 members (excludes halogenated alkanes) is 15. The molecule has 0 aromatic heterocycles. The molecule has 1 fully saturated rings. The molecule has 372 valence electrons. The lowest BCUT2D eigenvalue weighted by molar-refractivity contribution is -0.136. The molecule has 1 aromatic rings. The van der Waals surface area contributed by atoms with E-state index in [0.717, 1.165) is 17.9 Å². The first-order valence-electron chi connectivity index (χ1n) is 24.8. The van der Waals surface area contributed by atoms with Crippen LogP contribution in [-0.4, -0.2) is 160 Å². The molecule has 0 bridgehead atoms. The van der Waals surface area contributed by atoms with Gasteiger partial charge in [-0.3, -0.25) is 29.4 Å². The second kappa shape index (κ2) is 39.0. The fourth-order valence-electron chi connectivity index (χ4n) is 7.53. The fourth-order valence-corrected chi connectivity index (χ4v) is 7.53. The number of imide groups is 2. The second-order valence-electron chi connectivity index (χ2n) is 16.4. The summed E-state index contributed by atoms with van der Waals surface area (Å²) in [5.41, 5.74) is 0.921. The van der Waals surface area contributed by atoms with Gasteiger partial charge in [0.15, 0.2) is 0 Å². The van der Waals surface area contributed by atoms with Gasteiger partial charge in [0.25, 0.3) is 11.8 Å². The monoisotopic (exact) mass is 922 g/mol. The molecule has 2 N–H and O–H groups in total. The van der Waals surface area contributed by atoms with Crippen molar-refractivity contribution in [1.29, 1.82) is 0 Å². The van der Waals surface area contributed by atoms with E-state index in [1.807, 2.05) is 0 Å². The minimum Gasteiger partial charge on any atom is -0.382 e. The van der Waals surface area contributed by atoms with E-state index >= 15 is 0 Å². The SMILES string of the molecule is CCCCCCCCCCCCCCCCCCOCCOCCOCCOCCOCCOCCOCCOCCOCCNc1cccc2c1C(=O)N(C1CCC(=O)NC1=O)C2=O. The highest BCUT2D eigenvalue weighted by Crippen LogP contribution is 2.32. The van der Waals surface area contributed by atoms with Gasteiger partial charge in [0.05, 0.1) is 123 Å². The van der Waals surface area contributed by atoms with Crippen molar-refractivity contribution in [1.82, 2.24) is 10.2 Å². The predicted molar refractivity (Wildman–Crippen MR) is 249 cm³/mol. The van der Waals surface area contributed by atoms with E-state index in [2.05, 4.69) is 17.6 Å². The lowest BCUT2D eigenvalue weighted by Crippen LogP contribution is -2.54. The lowest BCUT2D eigenvalue weighted by atomic mass is 10.0. The topological polar surface area (TPSA) is 179 Å². The highest BCUT2D eigenvalue weighted by Gasteiger charge is 2.45. The molecule has 2 aliphatic rings. The summed E-state index contributed by atoms with van der Waals surface area (Å²) in [6, 6.07) is 3.92. The van der Waals surface area contributed by atoms with Crippen molar-refractivity contribution in [3.05, 3.63) is 29.3 Å². The first-order valence-corrected chi connectivity index (χ1v) is 24.8. The fraction of sp³-hybridized carbons (Fsp3) is 0.796. The molecule has 0 radical (unpaired) electrons. The molecule has 16 nitrogen and oxygen atoms in total. The average molecular weight is 922 g/mol. The number of nitrogens with zero attached hydrogens (tertiary/aromatic N) is 1. The zero-order chi connectivity index (χ0) is 46.3. The summed E-state index contributed by atoms with van der Waals surface area (Å²) >= 11 is 0. The molecule has 4 amide bonds. The molecule has 1 atom stereocenters. The number of anilines is 1. The average Bonchev–Trinajstić information content (AvgIpc) is 3.56. The van der Waals surface area contributed by atoms with Crippen LogP contribution in [0, 0.1) is 0 Å². The van der Waals surface area contributed by atoms with Gasteiger partial charge < -0.3 is 47.9 Å². The summed E-state index contributed by atoms with van der Waals surface area (Å²) in [4.78, 5) is 51.0. The molecule has 0 spiro atoms. The summed E-state index contributed by atoms with van der Waals surface area (Å²) in [7, 11) is 0. The standard InChI is InChI=1S/C49H83N3O13/c1-2-3-4-5-6-7-8-9-10-11-12-13-14-15-16-17-24-57-26-28-59-30-32-61-34-36-63-38-40-65-41-39-64-37-35-62-33-31-60-29-27-58-25-23-50-43-20-18-19-42-46(43)49(56)52(48(42)55)44-21-22-45(53)51-47(44)54/h18-20,44,50H,2-17,21-41H2,1H3,(H,51,53,54). The van der Waals surface area contributed by atoms with Crippen LogP contribution in [0.4, 0.5) is 5.69 Å². The highest BCUT2D eigenvalue weighted by atomic mass is 16.6. The van der Waals surface area contributed by atoms with Crippen molar-refractivity contribution in [3.8, 4) is 0 Å². The summed E-state index contributed by atoms with van der Waals surface area (Å²) in [6.45, 7) is 11.7. The van der Waals surface area contributed by atoms with Gasteiger partial charge in [-0.15, -0.1) is 0 Å². The molecule has 2 heterocycles.